The van der Waals surface area contributed by atoms with Crippen molar-refractivity contribution in [1.29, 1.82) is 0 Å². The van der Waals surface area contributed by atoms with Gasteiger partial charge >= 0.3 is 0 Å². The van der Waals surface area contributed by atoms with Crippen LogP contribution in [0.15, 0.2) is 34.2 Å². The summed E-state index contributed by atoms with van der Waals surface area (Å²) in [6, 6.07) is 7.71. The number of thioether (sulfide) groups is 1. The Balaban J connectivity index is 1.84. The molecule has 29 heavy (non-hydrogen) atoms. The second-order valence-electron chi connectivity index (χ2n) is 7.82. The van der Waals surface area contributed by atoms with Gasteiger partial charge in [0.25, 0.3) is 5.56 Å². The quantitative estimate of drug-likeness (QED) is 0.268. The first-order valence-corrected chi connectivity index (χ1v) is 12.3. The smallest absolute Gasteiger partial charge is 0.267 e. The third-order valence-electron chi connectivity index (χ3n) is 5.61. The normalized spacial score (nSPS) is 16.2. The first kappa shape index (κ1) is 20.5. The number of unbranched alkanes of at least 4 members (excludes halogenated alkanes) is 2. The van der Waals surface area contributed by atoms with Gasteiger partial charge in [0.15, 0.2) is 5.16 Å². The fourth-order valence-corrected chi connectivity index (χ4v) is 6.38. The van der Waals surface area contributed by atoms with Gasteiger partial charge in [-0.25, -0.2) is 4.98 Å². The number of aromatic nitrogens is 2. The van der Waals surface area contributed by atoms with Gasteiger partial charge in [0, 0.05) is 10.6 Å². The molecular weight excluding hydrogens is 400 g/mol. The highest BCUT2D eigenvalue weighted by Gasteiger charge is 2.25. The van der Waals surface area contributed by atoms with E-state index in [1.807, 2.05) is 28.8 Å². The zero-order valence-electron chi connectivity index (χ0n) is 17.4. The molecule has 0 saturated carbocycles. The van der Waals surface area contributed by atoms with Crippen LogP contribution in [0.4, 0.5) is 0 Å². The predicted octanol–water partition coefficient (Wildman–Crippen LogP) is 5.86. The maximum Gasteiger partial charge on any atom is 0.267 e. The van der Waals surface area contributed by atoms with Gasteiger partial charge in [-0.2, -0.15) is 0 Å². The number of benzene rings is 1. The maximum absolute atomic E-state index is 13.7. The van der Waals surface area contributed by atoms with Gasteiger partial charge in [0.05, 0.1) is 18.2 Å². The topological polar surface area (TPSA) is 44.1 Å². The predicted molar refractivity (Wildman–Crippen MR) is 123 cm³/mol. The van der Waals surface area contributed by atoms with E-state index in [4.69, 9.17) is 9.72 Å². The molecule has 3 aromatic rings. The highest BCUT2D eigenvalue weighted by Crippen LogP contribution is 2.37. The zero-order valence-corrected chi connectivity index (χ0v) is 19.0. The summed E-state index contributed by atoms with van der Waals surface area (Å²) in [7, 11) is 1.66. The lowest BCUT2D eigenvalue weighted by Crippen LogP contribution is -2.22. The average molecular weight is 429 g/mol. The van der Waals surface area contributed by atoms with Crippen LogP contribution in [-0.4, -0.2) is 22.4 Å². The van der Waals surface area contributed by atoms with Gasteiger partial charge in [-0.1, -0.05) is 38.5 Å². The molecule has 0 aliphatic heterocycles. The Kier molecular flexibility index (Phi) is 6.30. The average Bonchev–Trinajstić information content (AvgIpc) is 3.09. The Bertz CT molecular complexity index is 1050. The summed E-state index contributed by atoms with van der Waals surface area (Å²) in [6.07, 6.45) is 6.72. The lowest BCUT2D eigenvalue weighted by Gasteiger charge is -2.18. The number of rotatable bonds is 7. The van der Waals surface area contributed by atoms with Gasteiger partial charge in [-0.3, -0.25) is 9.36 Å². The van der Waals surface area contributed by atoms with Crippen LogP contribution in [0.2, 0.25) is 0 Å². The van der Waals surface area contributed by atoms with Gasteiger partial charge in [0.1, 0.15) is 10.6 Å². The molecule has 0 fully saturated rings. The minimum absolute atomic E-state index is 0.0743. The zero-order chi connectivity index (χ0) is 20.4. The van der Waals surface area contributed by atoms with Crippen LogP contribution in [0.3, 0.4) is 0 Å². The van der Waals surface area contributed by atoms with E-state index >= 15 is 0 Å². The standard InChI is InChI=1S/C23H28N2O2S2/c1-4-5-6-13-28-23-24-21-20(18-12-7-15(2)14-19(18)29-21)22(26)25(23)16-8-10-17(27-3)11-9-16/h8-11,15H,4-7,12-14H2,1-3H3. The van der Waals surface area contributed by atoms with E-state index in [1.54, 1.807) is 30.2 Å². The molecule has 0 radical (unpaired) electrons. The number of nitrogens with zero attached hydrogens (tertiary/aromatic N) is 2. The molecule has 1 aromatic carbocycles. The number of hydrogen-bond acceptors (Lipinski definition) is 5. The van der Waals surface area contributed by atoms with Gasteiger partial charge < -0.3 is 4.74 Å². The number of methoxy groups -OCH3 is 1. The summed E-state index contributed by atoms with van der Waals surface area (Å²) in [5.41, 5.74) is 2.17. The van der Waals surface area contributed by atoms with E-state index < -0.39 is 0 Å². The lowest BCUT2D eigenvalue weighted by molar-refractivity contribution is 0.414. The van der Waals surface area contributed by atoms with Gasteiger partial charge in [0.2, 0.25) is 0 Å². The molecule has 4 rings (SSSR count). The number of ether oxygens (including phenoxy) is 1. The van der Waals surface area contributed by atoms with Crippen LogP contribution in [0, 0.1) is 5.92 Å². The van der Waals surface area contributed by atoms with Crippen molar-refractivity contribution in [1.82, 2.24) is 9.55 Å². The van der Waals surface area contributed by atoms with E-state index in [1.165, 1.54) is 23.3 Å². The van der Waals surface area contributed by atoms with E-state index in [0.29, 0.717) is 5.92 Å². The summed E-state index contributed by atoms with van der Waals surface area (Å²) < 4.78 is 7.10. The molecule has 2 aromatic heterocycles. The molecule has 1 aliphatic carbocycles. The van der Waals surface area contributed by atoms with Crippen molar-refractivity contribution in [2.24, 2.45) is 5.92 Å². The van der Waals surface area contributed by atoms with Crippen LogP contribution in [0.1, 0.15) is 50.0 Å². The fourth-order valence-electron chi connectivity index (χ4n) is 3.94. The molecule has 2 heterocycles. The van der Waals surface area contributed by atoms with Crippen molar-refractivity contribution in [3.63, 3.8) is 0 Å². The molecule has 1 aliphatic rings. The van der Waals surface area contributed by atoms with Crippen molar-refractivity contribution in [3.8, 4) is 11.4 Å². The van der Waals surface area contributed by atoms with Crippen molar-refractivity contribution in [2.75, 3.05) is 12.9 Å². The molecule has 1 unspecified atom stereocenters. The highest BCUT2D eigenvalue weighted by atomic mass is 32.2. The summed E-state index contributed by atoms with van der Waals surface area (Å²) in [5.74, 6) is 2.45. The summed E-state index contributed by atoms with van der Waals surface area (Å²) >= 11 is 3.42. The third-order valence-corrected chi connectivity index (χ3v) is 7.78. The summed E-state index contributed by atoms with van der Waals surface area (Å²) in [6.45, 7) is 4.50. The number of hydrogen-bond donors (Lipinski definition) is 0. The largest absolute Gasteiger partial charge is 0.497 e. The number of aryl methyl sites for hydroxylation is 1. The van der Waals surface area contributed by atoms with Crippen molar-refractivity contribution in [2.45, 2.75) is 57.5 Å². The Morgan fingerprint density at radius 3 is 2.79 bits per heavy atom. The molecule has 0 bridgehead atoms. The lowest BCUT2D eigenvalue weighted by atomic mass is 9.89. The molecule has 4 nitrogen and oxygen atoms in total. The molecule has 154 valence electrons. The van der Waals surface area contributed by atoms with Crippen LogP contribution in [-0.2, 0) is 12.8 Å². The number of thiophene rings is 1. The second kappa shape index (κ2) is 8.92. The van der Waals surface area contributed by atoms with Crippen LogP contribution < -0.4 is 10.3 Å². The minimum atomic E-state index is 0.0743. The van der Waals surface area contributed by atoms with Crippen molar-refractivity contribution < 1.29 is 4.74 Å². The molecule has 0 N–H and O–H groups in total. The fraction of sp³-hybridized carbons (Fsp3) is 0.478. The van der Waals surface area contributed by atoms with Gasteiger partial charge in [-0.15, -0.1) is 11.3 Å². The van der Waals surface area contributed by atoms with Crippen molar-refractivity contribution >= 4 is 33.3 Å². The van der Waals surface area contributed by atoms with Crippen molar-refractivity contribution in [3.05, 3.63) is 45.1 Å². The van der Waals surface area contributed by atoms with Crippen LogP contribution in [0.5, 0.6) is 5.75 Å². The Morgan fingerprint density at radius 1 is 1.28 bits per heavy atom. The van der Waals surface area contributed by atoms with Crippen LogP contribution in [0.25, 0.3) is 15.9 Å². The molecule has 0 spiro atoms. The molecule has 0 saturated heterocycles. The first-order chi connectivity index (χ1) is 14.1. The first-order valence-electron chi connectivity index (χ1n) is 10.5. The molecule has 6 heteroatoms. The number of fused-ring (bicyclic) bond motifs is 3. The Hall–Kier alpha value is -1.79. The second-order valence-corrected chi connectivity index (χ2v) is 9.97. The molecular formula is C23H28N2O2S2. The third kappa shape index (κ3) is 4.10. The van der Waals surface area contributed by atoms with E-state index in [-0.39, 0.29) is 5.56 Å². The summed E-state index contributed by atoms with van der Waals surface area (Å²) in [5, 5.41) is 1.64. The van der Waals surface area contributed by atoms with E-state index in [9.17, 15) is 4.79 Å². The Labute approximate surface area is 180 Å². The van der Waals surface area contributed by atoms with E-state index in [0.717, 1.165) is 58.2 Å². The minimum Gasteiger partial charge on any atom is -0.497 e. The maximum atomic E-state index is 13.7. The summed E-state index contributed by atoms with van der Waals surface area (Å²) in [4.78, 5) is 21.0. The molecule has 1 atom stereocenters. The van der Waals surface area contributed by atoms with E-state index in [2.05, 4.69) is 13.8 Å². The highest BCUT2D eigenvalue weighted by molar-refractivity contribution is 7.99. The SMILES string of the molecule is CCCCCSc1nc2sc3c(c2c(=O)n1-c1ccc(OC)cc1)CCC(C)C3. The van der Waals surface area contributed by atoms with Gasteiger partial charge in [-0.05, 0) is 61.4 Å². The molecule has 0 amide bonds. The Morgan fingerprint density at radius 2 is 2.07 bits per heavy atom. The van der Waals surface area contributed by atoms with Crippen LogP contribution >= 0.6 is 23.1 Å². The monoisotopic (exact) mass is 428 g/mol.